The maximum atomic E-state index is 11.5. The lowest BCUT2D eigenvalue weighted by molar-refractivity contribution is -0.134. The summed E-state index contributed by atoms with van der Waals surface area (Å²) < 4.78 is 9.73. The van der Waals surface area contributed by atoms with E-state index in [1.54, 1.807) is 20.8 Å². The normalized spacial score (nSPS) is 14.2. The maximum absolute atomic E-state index is 11.5. The third-order valence-electron chi connectivity index (χ3n) is 2.26. The van der Waals surface area contributed by atoms with Crippen LogP contribution in [0.1, 0.15) is 20.8 Å². The molecule has 2 N–H and O–H groups in total. The van der Waals surface area contributed by atoms with Crippen molar-refractivity contribution >= 4 is 24.0 Å². The molecule has 1 heterocycles. The van der Waals surface area contributed by atoms with Gasteiger partial charge in [-0.1, -0.05) is 0 Å². The monoisotopic (exact) mass is 313 g/mol. The van der Waals surface area contributed by atoms with E-state index < -0.39 is 29.6 Å². The lowest BCUT2D eigenvalue weighted by atomic mass is 10.2. The summed E-state index contributed by atoms with van der Waals surface area (Å²) in [5.74, 6) is -1.47. The van der Waals surface area contributed by atoms with Crippen LogP contribution in [0.4, 0.5) is 9.59 Å². The first-order valence-electron chi connectivity index (χ1n) is 6.61. The first-order valence-corrected chi connectivity index (χ1v) is 6.61. The van der Waals surface area contributed by atoms with Crippen LogP contribution >= 0.6 is 0 Å². The molecule has 0 atom stereocenters. The van der Waals surface area contributed by atoms with Crippen LogP contribution in [0.15, 0.2) is 12.2 Å². The first-order chi connectivity index (χ1) is 10.2. The van der Waals surface area contributed by atoms with Crippen molar-refractivity contribution in [1.29, 1.82) is 0 Å². The molecule has 0 aromatic carbocycles. The Labute approximate surface area is 127 Å². The van der Waals surface area contributed by atoms with Gasteiger partial charge < -0.3 is 14.8 Å². The Morgan fingerprint density at radius 2 is 1.73 bits per heavy atom. The molecular formula is C13H19N3O6. The highest BCUT2D eigenvalue weighted by Gasteiger charge is 2.31. The van der Waals surface area contributed by atoms with Gasteiger partial charge in [-0.05, 0) is 20.8 Å². The quantitative estimate of drug-likeness (QED) is 0.421. The zero-order valence-corrected chi connectivity index (χ0v) is 12.7. The van der Waals surface area contributed by atoms with Gasteiger partial charge in [0.1, 0.15) is 12.3 Å². The predicted octanol–water partition coefficient (Wildman–Crippen LogP) is 0.120. The van der Waals surface area contributed by atoms with E-state index in [1.807, 2.05) is 0 Å². The molecule has 1 aliphatic heterocycles. The van der Waals surface area contributed by atoms with Crippen LogP contribution in [0.3, 0.4) is 0 Å². The van der Waals surface area contributed by atoms with Crippen LogP contribution in [0.5, 0.6) is 0 Å². The van der Waals surface area contributed by atoms with Crippen molar-refractivity contribution in [2.75, 3.05) is 19.8 Å². The second kappa shape index (κ2) is 7.55. The summed E-state index contributed by atoms with van der Waals surface area (Å²) in [4.78, 5) is 45.5. The van der Waals surface area contributed by atoms with Crippen LogP contribution < -0.4 is 10.6 Å². The molecule has 22 heavy (non-hydrogen) atoms. The third kappa shape index (κ3) is 5.92. The molecule has 4 amide bonds. The molecule has 0 bridgehead atoms. The van der Waals surface area contributed by atoms with E-state index in [0.29, 0.717) is 11.4 Å². The summed E-state index contributed by atoms with van der Waals surface area (Å²) in [6.07, 6.45) is 0.377. The number of nitrogens with one attached hydrogen (secondary N) is 2. The number of carbonyl (C=O) groups is 4. The van der Waals surface area contributed by atoms with Crippen molar-refractivity contribution in [3.05, 3.63) is 12.2 Å². The minimum Gasteiger partial charge on any atom is -0.444 e. The topological polar surface area (TPSA) is 114 Å². The van der Waals surface area contributed by atoms with E-state index in [2.05, 4.69) is 10.6 Å². The van der Waals surface area contributed by atoms with Gasteiger partial charge in [0.2, 0.25) is 0 Å². The maximum Gasteiger partial charge on any atom is 0.425 e. The SMILES string of the molecule is CC(C)(C)OC(=O)NCCNCOC(=O)N1C(=O)C=CC1=O. The molecular weight excluding hydrogens is 294 g/mol. The molecule has 0 fully saturated rings. The Balaban J connectivity index is 2.11. The Hall–Kier alpha value is -2.42. The van der Waals surface area contributed by atoms with E-state index in [0.717, 1.165) is 12.2 Å². The average molecular weight is 313 g/mol. The van der Waals surface area contributed by atoms with Gasteiger partial charge in [0.15, 0.2) is 0 Å². The van der Waals surface area contributed by atoms with Crippen molar-refractivity contribution in [1.82, 2.24) is 15.5 Å². The molecule has 0 aliphatic carbocycles. The summed E-state index contributed by atoms with van der Waals surface area (Å²) >= 11 is 0. The number of imide groups is 3. The molecule has 0 saturated carbocycles. The zero-order chi connectivity index (χ0) is 16.8. The number of carbonyl (C=O) groups excluding carboxylic acids is 4. The number of amides is 4. The first kappa shape index (κ1) is 17.6. The highest BCUT2D eigenvalue weighted by Crippen LogP contribution is 2.06. The smallest absolute Gasteiger partial charge is 0.425 e. The largest absolute Gasteiger partial charge is 0.444 e. The number of nitrogens with zero attached hydrogens (tertiary/aromatic N) is 1. The van der Waals surface area contributed by atoms with Crippen LogP contribution in [0, 0.1) is 0 Å². The van der Waals surface area contributed by atoms with Crippen LogP contribution in [-0.2, 0) is 19.1 Å². The summed E-state index contributed by atoms with van der Waals surface area (Å²) in [7, 11) is 0. The van der Waals surface area contributed by atoms with Crippen molar-refractivity contribution in [3.63, 3.8) is 0 Å². The fourth-order valence-corrected chi connectivity index (χ4v) is 1.40. The van der Waals surface area contributed by atoms with Crippen molar-refractivity contribution in [2.24, 2.45) is 0 Å². The van der Waals surface area contributed by atoms with Gasteiger partial charge in [0.05, 0.1) is 0 Å². The van der Waals surface area contributed by atoms with Crippen molar-refractivity contribution in [2.45, 2.75) is 26.4 Å². The summed E-state index contributed by atoms with van der Waals surface area (Å²) in [5.41, 5.74) is -0.574. The van der Waals surface area contributed by atoms with Crippen LogP contribution in [0.2, 0.25) is 0 Å². The molecule has 1 aliphatic rings. The number of ether oxygens (including phenoxy) is 2. The standard InChI is InChI=1S/C13H19N3O6/c1-13(2,3)22-11(19)15-7-6-14-8-21-12(20)16-9(17)4-5-10(16)18/h4-5,14H,6-8H2,1-3H3,(H,15,19). The number of hydrogen-bond donors (Lipinski definition) is 2. The Morgan fingerprint density at radius 3 is 2.27 bits per heavy atom. The third-order valence-corrected chi connectivity index (χ3v) is 2.26. The minimum absolute atomic E-state index is 0.202. The molecule has 9 nitrogen and oxygen atoms in total. The molecule has 0 aromatic rings. The highest BCUT2D eigenvalue weighted by atomic mass is 16.6. The fraction of sp³-hybridized carbons (Fsp3) is 0.538. The molecule has 0 saturated heterocycles. The van der Waals surface area contributed by atoms with E-state index in [4.69, 9.17) is 9.47 Å². The van der Waals surface area contributed by atoms with Gasteiger partial charge >= 0.3 is 12.2 Å². The van der Waals surface area contributed by atoms with Gasteiger partial charge in [-0.15, -0.1) is 0 Å². The second-order valence-corrected chi connectivity index (χ2v) is 5.33. The molecule has 0 aromatic heterocycles. The van der Waals surface area contributed by atoms with Gasteiger partial charge in [-0.25, -0.2) is 9.59 Å². The van der Waals surface area contributed by atoms with Crippen LogP contribution in [-0.4, -0.2) is 54.3 Å². The van der Waals surface area contributed by atoms with Gasteiger partial charge in [0, 0.05) is 25.2 Å². The molecule has 0 radical (unpaired) electrons. The van der Waals surface area contributed by atoms with E-state index in [9.17, 15) is 19.2 Å². The molecule has 9 heteroatoms. The molecule has 0 unspecified atom stereocenters. The number of rotatable bonds is 5. The lowest BCUT2D eigenvalue weighted by Crippen LogP contribution is -2.40. The molecule has 1 rings (SSSR count). The summed E-state index contributed by atoms with van der Waals surface area (Å²) in [5, 5.41) is 5.21. The van der Waals surface area contributed by atoms with E-state index in [1.165, 1.54) is 0 Å². The van der Waals surface area contributed by atoms with Gasteiger partial charge in [-0.2, -0.15) is 4.90 Å². The Morgan fingerprint density at radius 1 is 1.14 bits per heavy atom. The van der Waals surface area contributed by atoms with Crippen molar-refractivity contribution < 1.29 is 28.7 Å². The van der Waals surface area contributed by atoms with Gasteiger partial charge in [0.25, 0.3) is 11.8 Å². The Kier molecular flexibility index (Phi) is 6.05. The lowest BCUT2D eigenvalue weighted by Gasteiger charge is -2.19. The molecule has 0 spiro atoms. The van der Waals surface area contributed by atoms with Crippen molar-refractivity contribution in [3.8, 4) is 0 Å². The fourth-order valence-electron chi connectivity index (χ4n) is 1.40. The average Bonchev–Trinajstić information content (AvgIpc) is 2.71. The van der Waals surface area contributed by atoms with Gasteiger partial charge in [-0.3, -0.25) is 14.9 Å². The summed E-state index contributed by atoms with van der Waals surface area (Å²) in [6.45, 7) is 5.62. The number of alkyl carbamates (subject to hydrolysis) is 1. The number of hydrogen-bond acceptors (Lipinski definition) is 7. The summed E-state index contributed by atoms with van der Waals surface area (Å²) in [6, 6.07) is 0. The Bertz CT molecular complexity index is 476. The molecule has 122 valence electrons. The van der Waals surface area contributed by atoms with E-state index >= 15 is 0 Å². The second-order valence-electron chi connectivity index (χ2n) is 5.33. The highest BCUT2D eigenvalue weighted by molar-refractivity contribution is 6.21. The van der Waals surface area contributed by atoms with E-state index in [-0.39, 0.29) is 13.3 Å². The minimum atomic E-state index is -1.05. The predicted molar refractivity (Wildman–Crippen MR) is 74.6 cm³/mol. The zero-order valence-electron chi connectivity index (χ0n) is 12.7. The van der Waals surface area contributed by atoms with Crippen LogP contribution in [0.25, 0.3) is 0 Å².